The highest BCUT2D eigenvalue weighted by Gasteiger charge is 2.77. The van der Waals surface area contributed by atoms with Crippen LogP contribution in [0.15, 0.2) is 30.4 Å². The van der Waals surface area contributed by atoms with E-state index in [4.69, 9.17) is 9.47 Å². The number of methoxy groups -OCH3 is 1. The highest BCUT2D eigenvalue weighted by Crippen LogP contribution is 2.67. The van der Waals surface area contributed by atoms with E-state index in [-0.39, 0.29) is 18.5 Å². The van der Waals surface area contributed by atoms with E-state index in [2.05, 4.69) is 40.3 Å². The minimum atomic E-state index is -1.53. The summed E-state index contributed by atoms with van der Waals surface area (Å²) in [5.74, 6) is 0.218. The van der Waals surface area contributed by atoms with Crippen LogP contribution in [0.1, 0.15) is 52.0 Å². The van der Waals surface area contributed by atoms with Crippen molar-refractivity contribution in [3.63, 3.8) is 0 Å². The molecular formula is C28H39N3O5. The van der Waals surface area contributed by atoms with E-state index >= 15 is 0 Å². The Morgan fingerprint density at radius 2 is 2.03 bits per heavy atom. The predicted octanol–water partition coefficient (Wildman–Crippen LogP) is 2.38. The predicted molar refractivity (Wildman–Crippen MR) is 137 cm³/mol. The van der Waals surface area contributed by atoms with Gasteiger partial charge >= 0.3 is 5.97 Å². The Balaban J connectivity index is 1.76. The summed E-state index contributed by atoms with van der Waals surface area (Å²) in [4.78, 5) is 29.8. The number of rotatable bonds is 7. The Kier molecular flexibility index (Phi) is 6.11. The number of aliphatic hydroxyl groups is 1. The smallest absolute Gasteiger partial charge is 0.303 e. The maximum absolute atomic E-state index is 12.9. The fourth-order valence-corrected chi connectivity index (χ4v) is 8.20. The highest BCUT2D eigenvalue weighted by atomic mass is 16.6. The Morgan fingerprint density at radius 3 is 2.69 bits per heavy atom. The minimum Gasteiger partial charge on any atom is -0.497 e. The van der Waals surface area contributed by atoms with E-state index < -0.39 is 34.5 Å². The van der Waals surface area contributed by atoms with Crippen LogP contribution in [0.25, 0.3) is 0 Å². The third-order valence-corrected chi connectivity index (χ3v) is 9.26. The maximum atomic E-state index is 12.9. The Hall–Kier alpha value is -2.58. The second kappa shape index (κ2) is 8.77. The topological polar surface area (TPSA) is 91.3 Å². The van der Waals surface area contributed by atoms with Crippen molar-refractivity contribution in [1.29, 1.82) is 0 Å². The van der Waals surface area contributed by atoms with Gasteiger partial charge in [0.1, 0.15) is 17.5 Å². The van der Waals surface area contributed by atoms with Gasteiger partial charge in [-0.1, -0.05) is 32.1 Å². The second-order valence-electron chi connectivity index (χ2n) is 11.0. The van der Waals surface area contributed by atoms with Crippen molar-refractivity contribution in [2.24, 2.45) is 5.41 Å². The molecule has 1 unspecified atom stereocenters. The van der Waals surface area contributed by atoms with Crippen LogP contribution in [-0.2, 0) is 19.7 Å². The lowest BCUT2D eigenvalue weighted by Gasteiger charge is -2.64. The first-order valence-electron chi connectivity index (χ1n) is 13.2. The molecule has 2 fully saturated rings. The van der Waals surface area contributed by atoms with Crippen LogP contribution in [-0.4, -0.2) is 79.5 Å². The van der Waals surface area contributed by atoms with Gasteiger partial charge < -0.3 is 24.8 Å². The molecule has 6 atom stereocenters. The molecule has 8 heteroatoms. The standard InChI is InChI=1S/C28H39N3O5/c1-6-9-22(33)29-17-28(34)24-27(20-11-10-19(35-5)16-21(20)30(24)4)13-15-31-14-8-12-26(7-2,23(27)31)25(28)36-18(3)32/h8,10-12,16,23-25,34H,6-7,9,13-15,17H2,1-5H3,(H,29,33)/t23?,24-,25-,26-,27-,28+/m1/s1. The summed E-state index contributed by atoms with van der Waals surface area (Å²) in [7, 11) is 3.66. The van der Waals surface area contributed by atoms with Crippen LogP contribution < -0.4 is 15.0 Å². The van der Waals surface area contributed by atoms with E-state index in [0.29, 0.717) is 12.8 Å². The van der Waals surface area contributed by atoms with Gasteiger partial charge in [0.2, 0.25) is 5.91 Å². The van der Waals surface area contributed by atoms with Crippen molar-refractivity contribution in [1.82, 2.24) is 10.2 Å². The number of fused-ring (bicyclic) bond motifs is 1. The molecule has 4 aliphatic rings. The minimum absolute atomic E-state index is 0.00791. The summed E-state index contributed by atoms with van der Waals surface area (Å²) in [5, 5.41) is 15.9. The molecule has 5 rings (SSSR count). The van der Waals surface area contributed by atoms with Crippen molar-refractivity contribution < 1.29 is 24.2 Å². The maximum Gasteiger partial charge on any atom is 0.303 e. The number of amides is 1. The van der Waals surface area contributed by atoms with E-state index in [1.165, 1.54) is 12.5 Å². The van der Waals surface area contributed by atoms with Gasteiger partial charge in [-0.05, 0) is 37.4 Å². The van der Waals surface area contributed by atoms with Gasteiger partial charge in [0.05, 0.1) is 19.7 Å². The van der Waals surface area contributed by atoms with Crippen molar-refractivity contribution in [2.75, 3.05) is 38.7 Å². The lowest BCUT2D eigenvalue weighted by molar-refractivity contribution is -0.217. The Bertz CT molecular complexity index is 1090. The molecule has 3 aliphatic heterocycles. The molecule has 0 bridgehead atoms. The molecule has 1 aliphatic carbocycles. The van der Waals surface area contributed by atoms with Crippen molar-refractivity contribution in [3.8, 4) is 5.75 Å². The molecule has 1 aromatic carbocycles. The molecule has 1 saturated heterocycles. The summed E-state index contributed by atoms with van der Waals surface area (Å²) in [6.45, 7) is 7.19. The van der Waals surface area contributed by atoms with Gasteiger partial charge in [0.15, 0.2) is 0 Å². The molecule has 1 saturated carbocycles. The summed E-state index contributed by atoms with van der Waals surface area (Å²) in [6.07, 6.45) is 6.17. The van der Waals surface area contributed by atoms with E-state index in [1.807, 2.05) is 26.1 Å². The molecule has 1 aromatic rings. The zero-order valence-electron chi connectivity index (χ0n) is 22.0. The lowest BCUT2D eigenvalue weighted by Crippen LogP contribution is -2.81. The zero-order valence-corrected chi connectivity index (χ0v) is 22.0. The average molecular weight is 498 g/mol. The molecule has 36 heavy (non-hydrogen) atoms. The number of hydrogen-bond acceptors (Lipinski definition) is 7. The van der Waals surface area contributed by atoms with Crippen molar-refractivity contribution in [3.05, 3.63) is 35.9 Å². The fraction of sp³-hybridized carbons (Fsp3) is 0.643. The Labute approximate surface area is 213 Å². The molecule has 196 valence electrons. The number of anilines is 1. The summed E-state index contributed by atoms with van der Waals surface area (Å²) >= 11 is 0. The summed E-state index contributed by atoms with van der Waals surface area (Å²) in [6, 6.07) is 5.82. The molecular weight excluding hydrogens is 458 g/mol. The van der Waals surface area contributed by atoms with Crippen LogP contribution in [0.3, 0.4) is 0 Å². The zero-order chi connectivity index (χ0) is 25.9. The number of benzene rings is 1. The molecule has 3 heterocycles. The molecule has 0 aromatic heterocycles. The monoisotopic (exact) mass is 497 g/mol. The number of carbonyl (C=O) groups is 2. The van der Waals surface area contributed by atoms with E-state index in [9.17, 15) is 14.7 Å². The average Bonchev–Trinajstić information content (AvgIpc) is 3.37. The summed E-state index contributed by atoms with van der Waals surface area (Å²) < 4.78 is 11.7. The molecule has 8 nitrogen and oxygen atoms in total. The molecule has 0 radical (unpaired) electrons. The van der Waals surface area contributed by atoms with Gasteiger partial charge in [0.25, 0.3) is 0 Å². The van der Waals surface area contributed by atoms with Crippen molar-refractivity contribution in [2.45, 2.75) is 75.7 Å². The highest BCUT2D eigenvalue weighted by molar-refractivity contribution is 5.76. The second-order valence-corrected chi connectivity index (χ2v) is 11.0. The van der Waals surface area contributed by atoms with Gasteiger partial charge in [0, 0.05) is 55.6 Å². The van der Waals surface area contributed by atoms with Crippen LogP contribution in [0, 0.1) is 5.41 Å². The van der Waals surface area contributed by atoms with Gasteiger partial charge in [-0.25, -0.2) is 0 Å². The quantitative estimate of drug-likeness (QED) is 0.442. The molecule has 1 spiro atoms. The van der Waals surface area contributed by atoms with Crippen LogP contribution in [0.5, 0.6) is 5.75 Å². The fourth-order valence-electron chi connectivity index (χ4n) is 8.20. The number of carbonyl (C=O) groups excluding carboxylic acids is 2. The van der Waals surface area contributed by atoms with Gasteiger partial charge in [-0.3, -0.25) is 14.5 Å². The van der Waals surface area contributed by atoms with E-state index in [1.54, 1.807) is 7.11 Å². The number of ether oxygens (including phenoxy) is 2. The Morgan fingerprint density at radius 1 is 1.25 bits per heavy atom. The molecule has 2 N–H and O–H groups in total. The number of nitrogens with one attached hydrogen (secondary N) is 1. The lowest BCUT2D eigenvalue weighted by atomic mass is 9.47. The molecule has 1 amide bonds. The SMILES string of the molecule is CCCC(=O)NC[C@@]1(O)[C@H](OC(C)=O)[C@]2(CC)C=CCN3CC[C@@]4(c5ccc(OC)cc5N(C)[C@@H]14)C32. The number of hydrogen-bond donors (Lipinski definition) is 2. The number of esters is 1. The van der Waals surface area contributed by atoms with Gasteiger partial charge in [-0.15, -0.1) is 0 Å². The number of likely N-dealkylation sites (N-methyl/N-ethyl adjacent to an activating group) is 1. The first-order chi connectivity index (χ1) is 17.2. The van der Waals surface area contributed by atoms with Crippen LogP contribution >= 0.6 is 0 Å². The summed E-state index contributed by atoms with van der Waals surface area (Å²) in [5.41, 5.74) is -0.333. The van der Waals surface area contributed by atoms with Crippen LogP contribution in [0.4, 0.5) is 5.69 Å². The normalized spacial score (nSPS) is 36.2. The van der Waals surface area contributed by atoms with Gasteiger partial charge in [-0.2, -0.15) is 0 Å². The largest absolute Gasteiger partial charge is 0.497 e. The van der Waals surface area contributed by atoms with Crippen molar-refractivity contribution >= 4 is 17.6 Å². The van der Waals surface area contributed by atoms with E-state index in [0.717, 1.165) is 37.4 Å². The first-order valence-corrected chi connectivity index (χ1v) is 13.2. The number of nitrogens with zero attached hydrogens (tertiary/aromatic N) is 2. The third-order valence-electron chi connectivity index (χ3n) is 9.26. The van der Waals surface area contributed by atoms with Crippen LogP contribution in [0.2, 0.25) is 0 Å². The third kappa shape index (κ3) is 3.19. The first kappa shape index (κ1) is 25.1.